The summed E-state index contributed by atoms with van der Waals surface area (Å²) in [6.45, 7) is -3.75. The van der Waals surface area contributed by atoms with E-state index in [1.54, 1.807) is 0 Å². The van der Waals surface area contributed by atoms with Crippen molar-refractivity contribution in [1.82, 2.24) is 0 Å². The fraction of sp³-hybridized carbons (Fsp3) is 1.00. The van der Waals surface area contributed by atoms with Crippen LogP contribution in [0.5, 0.6) is 0 Å². The van der Waals surface area contributed by atoms with E-state index in [1.807, 2.05) is 0 Å². The second-order valence-corrected chi connectivity index (χ2v) is 6.18. The molecule has 0 heterocycles. The Hall–Kier alpha value is -0.940. The lowest BCUT2D eigenvalue weighted by Crippen LogP contribution is -2.60. The van der Waals surface area contributed by atoms with E-state index in [2.05, 4.69) is 9.47 Å². The third kappa shape index (κ3) is 6.34. The minimum atomic E-state index is -7.17. The van der Waals surface area contributed by atoms with Crippen LogP contribution >= 0.6 is 0 Å². The molecule has 0 fully saturated rings. The summed E-state index contributed by atoms with van der Waals surface area (Å²) in [7, 11) is -4.60. The number of halogens is 11. The quantitative estimate of drug-likeness (QED) is 0.340. The van der Waals surface area contributed by atoms with Crippen molar-refractivity contribution in [1.29, 1.82) is 0 Å². The number of alkyl halides is 11. The second-order valence-electron chi connectivity index (χ2n) is 4.61. The van der Waals surface area contributed by atoms with Gasteiger partial charge in [0.05, 0.1) is 5.75 Å². The fourth-order valence-corrected chi connectivity index (χ4v) is 1.63. The molecule has 0 aromatic heterocycles. The molecule has 1 atom stereocenters. The van der Waals surface area contributed by atoms with Crippen LogP contribution in [0.3, 0.4) is 0 Å². The van der Waals surface area contributed by atoms with E-state index < -0.39 is 65.7 Å². The minimum Gasteiger partial charge on any atom is -0.375 e. The van der Waals surface area contributed by atoms with Gasteiger partial charge >= 0.3 is 30.2 Å². The Morgan fingerprint density at radius 1 is 0.808 bits per heavy atom. The summed E-state index contributed by atoms with van der Waals surface area (Å²) in [4.78, 5) is 0. The van der Waals surface area contributed by atoms with Gasteiger partial charge in [0.2, 0.25) is 0 Å². The van der Waals surface area contributed by atoms with Gasteiger partial charge in [0, 0.05) is 6.61 Å². The largest absolute Gasteiger partial charge is 0.462 e. The Morgan fingerprint density at radius 2 is 1.27 bits per heavy atom. The van der Waals surface area contributed by atoms with Gasteiger partial charge in [0.1, 0.15) is 6.61 Å². The maximum Gasteiger partial charge on any atom is 0.462 e. The normalized spacial score (nSPS) is 17.2. The Balaban J connectivity index is 5.26. The molecule has 1 N–H and O–H groups in total. The number of hydrogen-bond donors (Lipinski definition) is 1. The standard InChI is InChI=1S/C9H9F11O5S/c10-5(7(13,14)15,4-24-2-1-3-26(21,22)23)25-9(19,20)6(11,12)8(16,17)18/h1-4H2,(H,21,22,23). The summed E-state index contributed by atoms with van der Waals surface area (Å²) in [5.74, 6) is -14.1. The molecule has 0 aromatic carbocycles. The molecule has 5 nitrogen and oxygen atoms in total. The van der Waals surface area contributed by atoms with E-state index in [0.29, 0.717) is 0 Å². The van der Waals surface area contributed by atoms with Crippen molar-refractivity contribution in [3.8, 4) is 0 Å². The van der Waals surface area contributed by atoms with Crippen LogP contribution in [0.1, 0.15) is 6.42 Å². The molecule has 17 heteroatoms. The maximum atomic E-state index is 13.6. The topological polar surface area (TPSA) is 72.8 Å². The molecule has 0 radical (unpaired) electrons. The first-order valence-corrected chi connectivity index (χ1v) is 7.58. The van der Waals surface area contributed by atoms with Crippen molar-refractivity contribution in [2.75, 3.05) is 19.0 Å². The molecule has 1 unspecified atom stereocenters. The summed E-state index contributed by atoms with van der Waals surface area (Å²) in [5, 5.41) is 0. The zero-order valence-electron chi connectivity index (χ0n) is 12.0. The zero-order valence-corrected chi connectivity index (χ0v) is 12.8. The summed E-state index contributed by atoms with van der Waals surface area (Å²) < 4.78 is 172. The van der Waals surface area contributed by atoms with Crippen LogP contribution in [0.2, 0.25) is 0 Å². The van der Waals surface area contributed by atoms with Crippen molar-refractivity contribution >= 4 is 10.1 Å². The molecule has 0 aliphatic heterocycles. The third-order valence-electron chi connectivity index (χ3n) is 2.41. The molecule has 0 saturated heterocycles. The minimum absolute atomic E-state index is 0.790. The highest BCUT2D eigenvalue weighted by Crippen LogP contribution is 2.50. The molecule has 0 rings (SSSR count). The van der Waals surface area contributed by atoms with Crippen LogP contribution in [-0.4, -0.2) is 62.2 Å². The third-order valence-corrected chi connectivity index (χ3v) is 3.22. The smallest absolute Gasteiger partial charge is 0.375 e. The van der Waals surface area contributed by atoms with Gasteiger partial charge in [-0.3, -0.25) is 9.29 Å². The molecule has 0 aromatic rings. The lowest BCUT2D eigenvalue weighted by molar-refractivity contribution is -0.486. The van der Waals surface area contributed by atoms with E-state index in [4.69, 9.17) is 4.55 Å². The Bertz CT molecular complexity index is 570. The molecule has 26 heavy (non-hydrogen) atoms. The summed E-state index contributed by atoms with van der Waals surface area (Å²) >= 11 is 0. The Kier molecular flexibility index (Phi) is 7.31. The van der Waals surface area contributed by atoms with E-state index in [-0.39, 0.29) is 0 Å². The molecular weight excluding hydrogens is 429 g/mol. The van der Waals surface area contributed by atoms with Crippen molar-refractivity contribution in [3.63, 3.8) is 0 Å². The van der Waals surface area contributed by atoms with Gasteiger partial charge < -0.3 is 4.74 Å². The SMILES string of the molecule is O=S(=O)(O)CCCOCC(F)(OC(F)(F)C(F)(F)C(F)(F)F)C(F)(F)F. The maximum absolute atomic E-state index is 13.6. The van der Waals surface area contributed by atoms with Crippen LogP contribution in [0.25, 0.3) is 0 Å². The van der Waals surface area contributed by atoms with Crippen molar-refractivity contribution in [2.24, 2.45) is 0 Å². The highest BCUT2D eigenvalue weighted by atomic mass is 32.2. The van der Waals surface area contributed by atoms with Crippen LogP contribution < -0.4 is 0 Å². The van der Waals surface area contributed by atoms with Crippen molar-refractivity contribution in [2.45, 2.75) is 36.7 Å². The van der Waals surface area contributed by atoms with Crippen molar-refractivity contribution < 1.29 is 70.7 Å². The predicted molar refractivity (Wildman–Crippen MR) is 58.8 cm³/mol. The van der Waals surface area contributed by atoms with Crippen LogP contribution in [0.15, 0.2) is 0 Å². The lowest BCUT2D eigenvalue weighted by Gasteiger charge is -2.34. The van der Waals surface area contributed by atoms with Crippen molar-refractivity contribution in [3.05, 3.63) is 0 Å². The van der Waals surface area contributed by atoms with Crippen LogP contribution in [0, 0.1) is 0 Å². The molecule has 0 spiro atoms. The zero-order chi connectivity index (χ0) is 21.2. The van der Waals surface area contributed by atoms with E-state index in [0.717, 1.165) is 0 Å². The number of hydrogen-bond acceptors (Lipinski definition) is 4. The Morgan fingerprint density at radius 3 is 1.62 bits per heavy atom. The summed E-state index contributed by atoms with van der Waals surface area (Å²) in [5.41, 5.74) is 0. The molecule has 0 aliphatic rings. The first-order chi connectivity index (χ1) is 11.2. The number of ether oxygens (including phenoxy) is 2. The van der Waals surface area contributed by atoms with Gasteiger partial charge in [-0.1, -0.05) is 0 Å². The Labute approximate surface area is 137 Å². The van der Waals surface area contributed by atoms with Gasteiger partial charge in [0.15, 0.2) is 0 Å². The number of rotatable bonds is 9. The van der Waals surface area contributed by atoms with Crippen LogP contribution in [-0.2, 0) is 19.6 Å². The van der Waals surface area contributed by atoms with Gasteiger partial charge in [-0.15, -0.1) is 0 Å². The fourth-order valence-electron chi connectivity index (χ4n) is 1.15. The van der Waals surface area contributed by atoms with Gasteiger partial charge in [-0.05, 0) is 6.42 Å². The monoisotopic (exact) mass is 438 g/mol. The average molecular weight is 438 g/mol. The molecule has 0 saturated carbocycles. The summed E-state index contributed by atoms with van der Waals surface area (Å²) in [6, 6.07) is 0. The first-order valence-electron chi connectivity index (χ1n) is 5.97. The molecule has 0 aliphatic carbocycles. The molecule has 0 bridgehead atoms. The summed E-state index contributed by atoms with van der Waals surface area (Å²) in [6.07, 6.45) is -21.4. The predicted octanol–water partition coefficient (Wildman–Crippen LogP) is 3.32. The van der Waals surface area contributed by atoms with Gasteiger partial charge in [-0.2, -0.15) is 56.7 Å². The van der Waals surface area contributed by atoms with Gasteiger partial charge in [-0.25, -0.2) is 0 Å². The van der Waals surface area contributed by atoms with E-state index in [1.165, 1.54) is 0 Å². The molecular formula is C9H9F11O5S. The van der Waals surface area contributed by atoms with Gasteiger partial charge in [0.25, 0.3) is 10.1 Å². The van der Waals surface area contributed by atoms with E-state index >= 15 is 0 Å². The first kappa shape index (κ1) is 25.1. The highest BCUT2D eigenvalue weighted by molar-refractivity contribution is 7.85. The average Bonchev–Trinajstić information content (AvgIpc) is 2.33. The van der Waals surface area contributed by atoms with Crippen LogP contribution in [0.4, 0.5) is 48.3 Å². The van der Waals surface area contributed by atoms with E-state index in [9.17, 15) is 56.7 Å². The molecule has 0 amide bonds. The highest BCUT2D eigenvalue weighted by Gasteiger charge is 2.78. The lowest BCUT2D eigenvalue weighted by atomic mass is 10.2. The second kappa shape index (κ2) is 7.59. The molecule has 158 valence electrons.